The lowest BCUT2D eigenvalue weighted by atomic mass is 10.1. The molecule has 1 unspecified atom stereocenters. The molecule has 1 N–H and O–H groups in total. The van der Waals surface area contributed by atoms with Gasteiger partial charge in [0.15, 0.2) is 5.78 Å². The van der Waals surface area contributed by atoms with Crippen molar-refractivity contribution < 1.29 is 14.3 Å². The monoisotopic (exact) mass is 225 g/mol. The summed E-state index contributed by atoms with van der Waals surface area (Å²) in [5.74, 6) is -0.169. The third-order valence-electron chi connectivity index (χ3n) is 2.12. The molecule has 78 valence electrons. The number of benzene rings is 1. The average molecular weight is 226 g/mol. The van der Waals surface area contributed by atoms with Gasteiger partial charge in [0.25, 0.3) is 0 Å². The number of hydrogen-bond acceptors (Lipinski definition) is 3. The molecule has 1 amide bonds. The van der Waals surface area contributed by atoms with Crippen LogP contribution in [0.2, 0.25) is 5.02 Å². The summed E-state index contributed by atoms with van der Waals surface area (Å²) >= 11 is 5.69. The van der Waals surface area contributed by atoms with Gasteiger partial charge in [0.1, 0.15) is 12.6 Å². The van der Waals surface area contributed by atoms with E-state index in [2.05, 4.69) is 10.1 Å². The SMILES string of the molecule is O=C1NC(C(=O)c2ccc(Cl)cc2)CO1. The number of carbonyl (C=O) groups is 2. The predicted molar refractivity (Wildman–Crippen MR) is 54.1 cm³/mol. The molecule has 5 heteroatoms. The molecule has 0 aliphatic carbocycles. The Hall–Kier alpha value is -1.55. The second-order valence-corrected chi connectivity index (χ2v) is 3.60. The first kappa shape index (κ1) is 9.98. The number of halogens is 1. The minimum Gasteiger partial charge on any atom is -0.447 e. The number of Topliss-reactive ketones (excluding diaryl/α,β-unsaturated/α-hetero) is 1. The van der Waals surface area contributed by atoms with E-state index in [0.29, 0.717) is 10.6 Å². The van der Waals surface area contributed by atoms with Crippen LogP contribution in [0.3, 0.4) is 0 Å². The van der Waals surface area contributed by atoms with E-state index in [0.717, 1.165) is 0 Å². The Morgan fingerprint density at radius 1 is 1.40 bits per heavy atom. The summed E-state index contributed by atoms with van der Waals surface area (Å²) < 4.78 is 4.63. The number of ketones is 1. The first-order valence-electron chi connectivity index (χ1n) is 4.40. The van der Waals surface area contributed by atoms with E-state index < -0.39 is 12.1 Å². The van der Waals surface area contributed by atoms with Crippen molar-refractivity contribution in [2.24, 2.45) is 0 Å². The molecule has 1 saturated heterocycles. The Balaban J connectivity index is 2.14. The van der Waals surface area contributed by atoms with E-state index in [1.54, 1.807) is 24.3 Å². The first-order chi connectivity index (χ1) is 7.16. The molecule has 0 spiro atoms. The summed E-state index contributed by atoms with van der Waals surface area (Å²) in [6.07, 6.45) is -0.553. The molecule has 2 rings (SSSR count). The van der Waals surface area contributed by atoms with E-state index in [1.807, 2.05) is 0 Å². The van der Waals surface area contributed by atoms with Crippen molar-refractivity contribution in [3.05, 3.63) is 34.9 Å². The summed E-state index contributed by atoms with van der Waals surface area (Å²) in [6, 6.07) is 5.92. The number of alkyl carbamates (subject to hydrolysis) is 1. The van der Waals surface area contributed by atoms with Crippen molar-refractivity contribution in [3.8, 4) is 0 Å². The van der Waals surface area contributed by atoms with Crippen LogP contribution in [0.5, 0.6) is 0 Å². The largest absolute Gasteiger partial charge is 0.447 e. The number of cyclic esters (lactones) is 1. The standard InChI is InChI=1S/C10H8ClNO3/c11-7-3-1-6(2-4-7)9(13)8-5-15-10(14)12-8/h1-4,8H,5H2,(H,12,14). The number of hydrogen-bond donors (Lipinski definition) is 1. The van der Waals surface area contributed by atoms with Gasteiger partial charge in [-0.25, -0.2) is 4.79 Å². The highest BCUT2D eigenvalue weighted by molar-refractivity contribution is 6.30. The van der Waals surface area contributed by atoms with Gasteiger partial charge in [-0.05, 0) is 24.3 Å². The quantitative estimate of drug-likeness (QED) is 0.779. The zero-order chi connectivity index (χ0) is 10.8. The van der Waals surface area contributed by atoms with Crippen molar-refractivity contribution >= 4 is 23.5 Å². The van der Waals surface area contributed by atoms with Crippen LogP contribution in [-0.2, 0) is 4.74 Å². The number of nitrogens with one attached hydrogen (secondary N) is 1. The zero-order valence-electron chi connectivity index (χ0n) is 7.70. The van der Waals surface area contributed by atoms with Crippen LogP contribution >= 0.6 is 11.6 Å². The van der Waals surface area contributed by atoms with Crippen molar-refractivity contribution in [2.75, 3.05) is 6.61 Å². The molecule has 0 bridgehead atoms. The molecule has 0 aromatic heterocycles. The average Bonchev–Trinajstić information content (AvgIpc) is 2.65. The fourth-order valence-electron chi connectivity index (χ4n) is 1.34. The third-order valence-corrected chi connectivity index (χ3v) is 2.37. The molecule has 1 aromatic carbocycles. The zero-order valence-corrected chi connectivity index (χ0v) is 8.45. The summed E-state index contributed by atoms with van der Waals surface area (Å²) in [6.45, 7) is 0.0836. The molecule has 1 aromatic rings. The van der Waals surface area contributed by atoms with Gasteiger partial charge in [0, 0.05) is 10.6 Å². The Labute approximate surface area is 91.2 Å². The van der Waals surface area contributed by atoms with E-state index in [1.165, 1.54) is 0 Å². The molecular formula is C10H8ClNO3. The Morgan fingerprint density at radius 2 is 2.07 bits per heavy atom. The van der Waals surface area contributed by atoms with E-state index in [4.69, 9.17) is 11.6 Å². The van der Waals surface area contributed by atoms with E-state index >= 15 is 0 Å². The minimum atomic E-state index is -0.585. The van der Waals surface area contributed by atoms with Crippen LogP contribution in [0, 0.1) is 0 Å². The molecule has 1 aliphatic heterocycles. The molecule has 0 saturated carbocycles. The lowest BCUT2D eigenvalue weighted by Crippen LogP contribution is -2.34. The van der Waals surface area contributed by atoms with Gasteiger partial charge in [0.2, 0.25) is 0 Å². The Kier molecular flexibility index (Phi) is 2.60. The van der Waals surface area contributed by atoms with Crippen LogP contribution in [0.4, 0.5) is 4.79 Å². The van der Waals surface area contributed by atoms with Crippen molar-refractivity contribution in [1.29, 1.82) is 0 Å². The summed E-state index contributed by atoms with van der Waals surface area (Å²) in [5.41, 5.74) is 0.509. The lowest BCUT2D eigenvalue weighted by molar-refractivity contribution is 0.0944. The maximum Gasteiger partial charge on any atom is 0.407 e. The number of carbonyl (C=O) groups excluding carboxylic acids is 2. The molecule has 1 heterocycles. The highest BCUT2D eigenvalue weighted by Gasteiger charge is 2.29. The van der Waals surface area contributed by atoms with Crippen molar-refractivity contribution in [2.45, 2.75) is 6.04 Å². The summed E-state index contributed by atoms with van der Waals surface area (Å²) in [5, 5.41) is 2.99. The summed E-state index contributed by atoms with van der Waals surface area (Å²) in [4.78, 5) is 22.5. The molecular weight excluding hydrogens is 218 g/mol. The van der Waals surface area contributed by atoms with Crippen molar-refractivity contribution in [3.63, 3.8) is 0 Å². The molecule has 1 fully saturated rings. The number of ether oxygens (including phenoxy) is 1. The predicted octanol–water partition coefficient (Wildman–Crippen LogP) is 1.63. The second-order valence-electron chi connectivity index (χ2n) is 3.17. The highest BCUT2D eigenvalue weighted by atomic mass is 35.5. The first-order valence-corrected chi connectivity index (χ1v) is 4.77. The van der Waals surface area contributed by atoms with Crippen LogP contribution in [0.1, 0.15) is 10.4 Å². The van der Waals surface area contributed by atoms with Gasteiger partial charge in [-0.2, -0.15) is 0 Å². The van der Waals surface area contributed by atoms with Gasteiger partial charge in [-0.3, -0.25) is 4.79 Å². The fourth-order valence-corrected chi connectivity index (χ4v) is 1.47. The third kappa shape index (κ3) is 2.10. The molecule has 4 nitrogen and oxygen atoms in total. The topological polar surface area (TPSA) is 55.4 Å². The van der Waals surface area contributed by atoms with E-state index in [9.17, 15) is 9.59 Å². The van der Waals surface area contributed by atoms with Gasteiger partial charge in [-0.15, -0.1) is 0 Å². The molecule has 1 atom stereocenters. The lowest BCUT2D eigenvalue weighted by Gasteiger charge is -2.05. The van der Waals surface area contributed by atoms with Crippen LogP contribution in [0.15, 0.2) is 24.3 Å². The Bertz CT molecular complexity index is 402. The maximum atomic E-state index is 11.8. The minimum absolute atomic E-state index is 0.0836. The number of amides is 1. The summed E-state index contributed by atoms with van der Waals surface area (Å²) in [7, 11) is 0. The van der Waals surface area contributed by atoms with Gasteiger partial charge in [0.05, 0.1) is 0 Å². The smallest absolute Gasteiger partial charge is 0.407 e. The van der Waals surface area contributed by atoms with Gasteiger partial charge < -0.3 is 10.1 Å². The van der Waals surface area contributed by atoms with E-state index in [-0.39, 0.29) is 12.4 Å². The molecule has 1 aliphatic rings. The highest BCUT2D eigenvalue weighted by Crippen LogP contribution is 2.12. The second kappa shape index (κ2) is 3.90. The fraction of sp³-hybridized carbons (Fsp3) is 0.200. The van der Waals surface area contributed by atoms with Gasteiger partial charge in [-0.1, -0.05) is 11.6 Å². The molecule has 15 heavy (non-hydrogen) atoms. The normalized spacial score (nSPS) is 19.5. The molecule has 0 radical (unpaired) electrons. The maximum absolute atomic E-state index is 11.8. The van der Waals surface area contributed by atoms with Crippen molar-refractivity contribution in [1.82, 2.24) is 5.32 Å². The van der Waals surface area contributed by atoms with Crippen LogP contribution in [0.25, 0.3) is 0 Å². The Morgan fingerprint density at radius 3 is 2.60 bits per heavy atom. The van der Waals surface area contributed by atoms with Crippen LogP contribution < -0.4 is 5.32 Å². The van der Waals surface area contributed by atoms with Crippen LogP contribution in [-0.4, -0.2) is 24.5 Å². The number of rotatable bonds is 2. The van der Waals surface area contributed by atoms with Gasteiger partial charge >= 0.3 is 6.09 Å².